The van der Waals surface area contributed by atoms with Gasteiger partial charge in [-0.15, -0.1) is 0 Å². The van der Waals surface area contributed by atoms with Crippen molar-refractivity contribution in [3.05, 3.63) is 113 Å². The van der Waals surface area contributed by atoms with Gasteiger partial charge in [0.15, 0.2) is 0 Å². The number of fused-ring (bicyclic) bond motifs is 1. The van der Waals surface area contributed by atoms with E-state index in [-0.39, 0.29) is 23.8 Å². The van der Waals surface area contributed by atoms with Gasteiger partial charge in [0.1, 0.15) is 5.82 Å². The summed E-state index contributed by atoms with van der Waals surface area (Å²) in [6, 6.07) is 25.1. The van der Waals surface area contributed by atoms with Gasteiger partial charge in [0.2, 0.25) is 5.91 Å². The van der Waals surface area contributed by atoms with E-state index < -0.39 is 0 Å². The van der Waals surface area contributed by atoms with Crippen LogP contribution in [-0.2, 0) is 24.8 Å². The summed E-state index contributed by atoms with van der Waals surface area (Å²) in [5.41, 5.74) is 4.77. The van der Waals surface area contributed by atoms with E-state index in [0.717, 1.165) is 42.2 Å². The number of anilines is 1. The van der Waals surface area contributed by atoms with Crippen molar-refractivity contribution in [2.24, 2.45) is 13.0 Å². The van der Waals surface area contributed by atoms with Crippen LogP contribution in [0.5, 0.6) is 0 Å². The molecule has 7 heteroatoms. The quantitative estimate of drug-likeness (QED) is 0.242. The number of carbonyl (C=O) groups is 1. The molecule has 0 unspecified atom stereocenters. The zero-order valence-corrected chi connectivity index (χ0v) is 23.0. The van der Waals surface area contributed by atoms with Gasteiger partial charge >= 0.3 is 0 Å². The average molecular weight is 543 g/mol. The first-order valence-electron chi connectivity index (χ1n) is 13.2. The van der Waals surface area contributed by atoms with Gasteiger partial charge in [0.05, 0.1) is 6.54 Å². The van der Waals surface area contributed by atoms with Crippen LogP contribution in [0, 0.1) is 5.92 Å². The lowest BCUT2D eigenvalue weighted by Gasteiger charge is -2.29. The smallest absolute Gasteiger partial charge is 0.231 e. The Morgan fingerprint density at radius 3 is 2.71 bits per heavy atom. The monoisotopic (exact) mass is 542 g/mol. The number of benzene rings is 3. The van der Waals surface area contributed by atoms with Gasteiger partial charge < -0.3 is 9.47 Å². The molecule has 38 heavy (non-hydrogen) atoms. The van der Waals surface area contributed by atoms with Crippen LogP contribution in [0.25, 0.3) is 0 Å². The molecule has 0 spiro atoms. The van der Waals surface area contributed by atoms with Gasteiger partial charge in [-0.25, -0.2) is 4.98 Å². The second-order valence-electron chi connectivity index (χ2n) is 10.2. The molecule has 2 aliphatic rings. The molecule has 1 N–H and O–H groups in total. The number of rotatable bonds is 8. The Kier molecular flexibility index (Phi) is 7.28. The maximum atomic E-state index is 14.0. The standard InChI is InChI=1S/C31H31ClN4OS/c1-35-17-16-33-30(35)20-36(31(37)28-19-26(28)22-10-13-23(32)14-11-22)24-15-12-21-6-5-9-29(27(21)18-24)34-38-25-7-3-2-4-8-25/h2-4,7-8,10-18,26,28-29,34H,5-6,9,19-20H2,1H3/t26-,28+,29-/m1/s1. The number of hydrogen-bond acceptors (Lipinski definition) is 4. The van der Waals surface area contributed by atoms with Crippen molar-refractivity contribution in [2.75, 3.05) is 4.90 Å². The molecule has 6 rings (SSSR count). The molecule has 0 bridgehead atoms. The molecule has 0 saturated heterocycles. The van der Waals surface area contributed by atoms with Crippen molar-refractivity contribution in [1.29, 1.82) is 0 Å². The Morgan fingerprint density at radius 1 is 1.13 bits per heavy atom. The Bertz CT molecular complexity index is 1420. The first kappa shape index (κ1) is 25.2. The summed E-state index contributed by atoms with van der Waals surface area (Å²) in [6.07, 6.45) is 7.88. The van der Waals surface area contributed by atoms with E-state index in [9.17, 15) is 4.79 Å². The Morgan fingerprint density at radius 2 is 1.95 bits per heavy atom. The largest absolute Gasteiger partial charge is 0.337 e. The number of nitrogens with zero attached hydrogens (tertiary/aromatic N) is 3. The van der Waals surface area contributed by atoms with Crippen molar-refractivity contribution in [3.63, 3.8) is 0 Å². The van der Waals surface area contributed by atoms with Gasteiger partial charge in [-0.05, 0) is 96.6 Å². The lowest BCUT2D eigenvalue weighted by Crippen LogP contribution is -2.33. The van der Waals surface area contributed by atoms with Crippen LogP contribution in [0.4, 0.5) is 5.69 Å². The second kappa shape index (κ2) is 11.0. The van der Waals surface area contributed by atoms with Crippen molar-refractivity contribution in [2.45, 2.75) is 49.1 Å². The summed E-state index contributed by atoms with van der Waals surface area (Å²) in [7, 11) is 1.98. The minimum absolute atomic E-state index is 0.0324. The van der Waals surface area contributed by atoms with Gasteiger partial charge in [-0.1, -0.05) is 48.0 Å². The van der Waals surface area contributed by atoms with E-state index in [1.54, 1.807) is 18.1 Å². The van der Waals surface area contributed by atoms with Crippen molar-refractivity contribution in [1.82, 2.24) is 14.3 Å². The maximum absolute atomic E-state index is 14.0. The van der Waals surface area contributed by atoms with E-state index >= 15 is 0 Å². The topological polar surface area (TPSA) is 50.2 Å². The van der Waals surface area contributed by atoms with E-state index in [4.69, 9.17) is 11.6 Å². The third-order valence-electron chi connectivity index (χ3n) is 7.71. The van der Waals surface area contributed by atoms with Gasteiger partial charge in [0, 0.05) is 47.0 Å². The first-order chi connectivity index (χ1) is 18.6. The van der Waals surface area contributed by atoms with Crippen LogP contribution in [0.15, 0.2) is 90.1 Å². The minimum atomic E-state index is -0.0324. The SMILES string of the molecule is Cn1ccnc1CN(C(=O)[C@H]1C[C@@H]1c1ccc(Cl)cc1)c1ccc2c(c1)[C@H](NSc1ccccc1)CCC2. The molecule has 3 aromatic carbocycles. The molecule has 1 aromatic heterocycles. The molecule has 0 radical (unpaired) electrons. The normalized spacial score (nSPS) is 20.1. The zero-order valence-electron chi connectivity index (χ0n) is 21.4. The lowest BCUT2D eigenvalue weighted by atomic mass is 9.87. The highest BCUT2D eigenvalue weighted by atomic mass is 35.5. The summed E-state index contributed by atoms with van der Waals surface area (Å²) < 4.78 is 5.69. The second-order valence-corrected chi connectivity index (χ2v) is 11.6. The highest BCUT2D eigenvalue weighted by molar-refractivity contribution is 7.97. The third-order valence-corrected chi connectivity index (χ3v) is 8.87. The van der Waals surface area contributed by atoms with Gasteiger partial charge in [0.25, 0.3) is 0 Å². The fourth-order valence-corrected chi connectivity index (χ4v) is 6.38. The van der Waals surface area contributed by atoms with Crippen LogP contribution < -0.4 is 9.62 Å². The molecular formula is C31H31ClN4OS. The molecule has 1 saturated carbocycles. The number of amides is 1. The summed E-state index contributed by atoms with van der Waals surface area (Å²) in [5, 5.41) is 0.719. The van der Waals surface area contributed by atoms with E-state index in [1.165, 1.54) is 21.6 Å². The maximum Gasteiger partial charge on any atom is 0.231 e. The lowest BCUT2D eigenvalue weighted by molar-refractivity contribution is -0.120. The number of imidazole rings is 1. The van der Waals surface area contributed by atoms with Crippen molar-refractivity contribution >= 4 is 35.1 Å². The summed E-state index contributed by atoms with van der Waals surface area (Å²) in [4.78, 5) is 21.7. The van der Waals surface area contributed by atoms with Crippen molar-refractivity contribution < 1.29 is 4.79 Å². The molecule has 3 atom stereocenters. The molecule has 1 heterocycles. The molecule has 194 valence electrons. The van der Waals surface area contributed by atoms with Gasteiger partial charge in [-0.2, -0.15) is 0 Å². The number of halogens is 1. The predicted molar refractivity (Wildman–Crippen MR) is 154 cm³/mol. The summed E-state index contributed by atoms with van der Waals surface area (Å²) in [6.45, 7) is 0.446. The van der Waals surface area contributed by atoms with E-state index in [2.05, 4.69) is 52.2 Å². The highest BCUT2D eigenvalue weighted by Crippen LogP contribution is 2.49. The van der Waals surface area contributed by atoms with Crippen LogP contribution in [0.1, 0.15) is 53.7 Å². The van der Waals surface area contributed by atoms with E-state index in [1.807, 2.05) is 53.0 Å². The Balaban J connectivity index is 1.27. The molecule has 1 fully saturated rings. The molecule has 5 nitrogen and oxygen atoms in total. The fraction of sp³-hybridized carbons (Fsp3) is 0.290. The van der Waals surface area contributed by atoms with Crippen LogP contribution >= 0.6 is 23.5 Å². The Labute approximate surface area is 233 Å². The molecule has 4 aromatic rings. The summed E-state index contributed by atoms with van der Waals surface area (Å²) >= 11 is 7.77. The molecule has 1 amide bonds. The molecular weight excluding hydrogens is 512 g/mol. The number of nitrogens with one attached hydrogen (secondary N) is 1. The van der Waals surface area contributed by atoms with Gasteiger partial charge in [-0.3, -0.25) is 9.52 Å². The first-order valence-corrected chi connectivity index (χ1v) is 14.4. The predicted octanol–water partition coefficient (Wildman–Crippen LogP) is 7.08. The minimum Gasteiger partial charge on any atom is -0.337 e. The zero-order chi connectivity index (χ0) is 26.1. The van der Waals surface area contributed by atoms with Crippen LogP contribution in [-0.4, -0.2) is 15.5 Å². The van der Waals surface area contributed by atoms with Crippen LogP contribution in [0.3, 0.4) is 0 Å². The number of hydrogen-bond donors (Lipinski definition) is 1. The number of carbonyl (C=O) groups excluding carboxylic acids is 1. The fourth-order valence-electron chi connectivity index (χ4n) is 5.44. The highest BCUT2D eigenvalue weighted by Gasteiger charge is 2.46. The van der Waals surface area contributed by atoms with Crippen molar-refractivity contribution in [3.8, 4) is 0 Å². The average Bonchev–Trinajstić information content (AvgIpc) is 3.65. The van der Waals surface area contributed by atoms with E-state index in [0.29, 0.717) is 6.54 Å². The van der Waals surface area contributed by atoms with Crippen LogP contribution in [0.2, 0.25) is 5.02 Å². The molecule has 0 aliphatic heterocycles. The third kappa shape index (κ3) is 5.39. The summed E-state index contributed by atoms with van der Waals surface area (Å²) in [5.74, 6) is 1.23. The Hall–Kier alpha value is -3.06. The molecule has 2 aliphatic carbocycles. The number of aromatic nitrogens is 2. The number of aryl methyl sites for hydroxylation is 2.